The molecule has 1 aliphatic heterocycles. The number of hydrogen-bond donors (Lipinski definition) is 2. The van der Waals surface area contributed by atoms with Gasteiger partial charge in [0.2, 0.25) is 0 Å². The van der Waals surface area contributed by atoms with Crippen molar-refractivity contribution in [1.82, 2.24) is 0 Å². The van der Waals surface area contributed by atoms with Crippen molar-refractivity contribution in [3.63, 3.8) is 0 Å². The summed E-state index contributed by atoms with van der Waals surface area (Å²) in [6.07, 6.45) is 1.31. The number of aliphatic hydroxyl groups excluding tert-OH is 1. The second kappa shape index (κ2) is 23.0. The maximum absolute atomic E-state index is 14.0. The highest BCUT2D eigenvalue weighted by Crippen LogP contribution is 3.18. The molecule has 0 aromatic rings. The van der Waals surface area contributed by atoms with Crippen LogP contribution < -0.4 is 0 Å². The van der Waals surface area contributed by atoms with E-state index < -0.39 is 111 Å². The van der Waals surface area contributed by atoms with Crippen molar-refractivity contribution >= 4 is 192 Å². The van der Waals surface area contributed by atoms with Gasteiger partial charge in [0, 0.05) is 38.2 Å². The lowest BCUT2D eigenvalue weighted by Gasteiger charge is -2.59. The monoisotopic (exact) mass is 1120 g/mol. The minimum Gasteiger partial charge on any atom is -0.461 e. The molecule has 0 aromatic heterocycles. The van der Waals surface area contributed by atoms with E-state index in [1.165, 1.54) is 0 Å². The Morgan fingerprint density at radius 3 is 1.92 bits per heavy atom. The van der Waals surface area contributed by atoms with Crippen molar-refractivity contribution in [3.8, 4) is 0 Å². The molecule has 1 saturated carbocycles. The van der Waals surface area contributed by atoms with Gasteiger partial charge >= 0.3 is 5.97 Å². The number of allylic oxidation sites excluding steroid dienone is 1. The molecule has 2 N–H and O–H groups in total. The highest BCUT2D eigenvalue weighted by molar-refractivity contribution is 9.19. The van der Waals surface area contributed by atoms with Crippen LogP contribution in [0, 0.1) is 16.7 Å². The number of cyclic esters (lactones) is 1. The molecule has 2 fully saturated rings. The molecule has 3 rings (SSSR count). The Kier molecular flexibility index (Phi) is 24.4. The van der Waals surface area contributed by atoms with E-state index in [1.807, 2.05) is 19.9 Å². The molecule has 17 unspecified atom stereocenters. The molecule has 0 aromatic carbocycles. The maximum atomic E-state index is 14.0. The van der Waals surface area contributed by atoms with E-state index in [0.717, 1.165) is 11.1 Å². The fourth-order valence-corrected chi connectivity index (χ4v) is 169. The van der Waals surface area contributed by atoms with Gasteiger partial charge in [0.05, 0.1) is 39.3 Å². The van der Waals surface area contributed by atoms with E-state index in [4.69, 9.17) is 13.8 Å². The van der Waals surface area contributed by atoms with Gasteiger partial charge in [-0.3, -0.25) is 4.79 Å². The molecule has 0 radical (unpaired) electrons. The average molecular weight is 1120 g/mol. The van der Waals surface area contributed by atoms with Crippen LogP contribution in [0.3, 0.4) is 0 Å². The van der Waals surface area contributed by atoms with E-state index in [-0.39, 0.29) is 19.5 Å². The number of ether oxygens (including phenoxy) is 1. The molecular formula is C21H55O6P23. The molecule has 6 nitrogen and oxygen atoms in total. The summed E-state index contributed by atoms with van der Waals surface area (Å²) in [5, 5.41) is 25.8. The lowest BCUT2D eigenvalue weighted by Crippen LogP contribution is -2.66. The minimum absolute atomic E-state index is 0.204. The van der Waals surface area contributed by atoms with E-state index in [0.29, 0.717) is 27.2 Å². The van der Waals surface area contributed by atoms with E-state index in [1.54, 1.807) is 0 Å². The third-order valence-corrected chi connectivity index (χ3v) is 128. The Balaban J connectivity index is 2.37. The van der Waals surface area contributed by atoms with Gasteiger partial charge in [0.25, 0.3) is 0 Å². The second-order valence-corrected chi connectivity index (χ2v) is 96.2. The van der Waals surface area contributed by atoms with Gasteiger partial charge < -0.3 is 24.0 Å². The molecule has 0 amide bonds. The third-order valence-electron chi connectivity index (χ3n) is 9.62. The Morgan fingerprint density at radius 2 is 1.46 bits per heavy atom. The van der Waals surface area contributed by atoms with E-state index in [9.17, 15) is 15.0 Å². The first-order chi connectivity index (χ1) is 23.0. The molecule has 50 heavy (non-hydrogen) atoms. The molecule has 29 heteroatoms. The lowest BCUT2D eigenvalue weighted by molar-refractivity contribution is -0.198. The van der Waals surface area contributed by atoms with Crippen LogP contribution in [-0.4, -0.2) is 46.2 Å². The van der Waals surface area contributed by atoms with Crippen molar-refractivity contribution < 1.29 is 28.8 Å². The van der Waals surface area contributed by atoms with E-state index in [2.05, 4.69) is 128 Å². The molecule has 1 heterocycles. The third kappa shape index (κ3) is 11.9. The van der Waals surface area contributed by atoms with Gasteiger partial charge in [-0.05, 0) is 72.3 Å². The summed E-state index contributed by atoms with van der Waals surface area (Å²) >= 11 is 0. The maximum Gasteiger partial charge on any atom is 0.312 e. The fourth-order valence-electron chi connectivity index (χ4n) is 7.13. The van der Waals surface area contributed by atoms with Crippen molar-refractivity contribution in [3.05, 3.63) is 23.8 Å². The van der Waals surface area contributed by atoms with Crippen LogP contribution in [0.25, 0.3) is 0 Å². The summed E-state index contributed by atoms with van der Waals surface area (Å²) in [5.74, 6) is -1.33. The molecule has 290 valence electrons. The summed E-state index contributed by atoms with van der Waals surface area (Å²) in [6, 6.07) is 0. The zero-order valence-corrected chi connectivity index (χ0v) is 52.2. The van der Waals surface area contributed by atoms with Gasteiger partial charge in [-0.2, -0.15) is 0 Å². The predicted molar refractivity (Wildman–Crippen MR) is 291 cm³/mol. The zero-order chi connectivity index (χ0) is 38.3. The molecule has 1 saturated heterocycles. The number of esters is 1. The van der Waals surface area contributed by atoms with Gasteiger partial charge in [-0.15, -0.1) is 105 Å². The largest absolute Gasteiger partial charge is 0.461 e. The quantitative estimate of drug-likeness (QED) is 0.0910. The smallest absolute Gasteiger partial charge is 0.312 e. The number of aliphatic hydroxyl groups is 2. The van der Waals surface area contributed by atoms with Crippen LogP contribution in [0.2, 0.25) is 0 Å². The van der Waals surface area contributed by atoms with Crippen LogP contribution in [0.15, 0.2) is 23.8 Å². The van der Waals surface area contributed by atoms with E-state index >= 15 is 0 Å². The number of fused-ring (bicyclic) bond motifs is 3. The second-order valence-electron chi connectivity index (χ2n) is 12.9. The van der Waals surface area contributed by atoms with Crippen molar-refractivity contribution in [2.24, 2.45) is 16.7 Å². The number of hydrogen-bond acceptors (Lipinski definition) is 6. The summed E-state index contributed by atoms with van der Waals surface area (Å²) in [6.45, 7) is 8.61. The van der Waals surface area contributed by atoms with Crippen LogP contribution in [0.1, 0.15) is 53.4 Å². The molecule has 2 aliphatic carbocycles. The van der Waals surface area contributed by atoms with Crippen molar-refractivity contribution in [2.45, 2.75) is 83.4 Å². The van der Waals surface area contributed by atoms with Crippen LogP contribution >= 0.6 is 186 Å². The Labute approximate surface area is 342 Å². The SMILES string of the molecule is C=CCC[C@@H]1OC(=O)[C@H]2[C@H](O)[C@]3(O)C[C@H](OP(P(P)P(P)P)P(P(P)P)P(P)P)C(C)=C([C@H](OP(P(P)P)P(PP)P(P)P)C[C@]12C)C3(C)C. The summed E-state index contributed by atoms with van der Waals surface area (Å²) in [4.78, 5) is 14.0. The number of rotatable bonds is 16. The Hall–Kier alpha value is 8.68. The van der Waals surface area contributed by atoms with Gasteiger partial charge in [0.15, 0.2) is 0 Å². The summed E-state index contributed by atoms with van der Waals surface area (Å²) in [5.41, 5.74) is -1.19. The first-order valence-corrected chi connectivity index (χ1v) is 55.3. The standard InChI is InChI=1S/C21H55O6P23/c1-6-7-8-14-20(5)9-13(27-41(43(29)30)49(40-28)45(33)34)15-11(2)12(26-42(48(39)44(31)32)50(46(35)36)47(37)38)10-21(24,19(15,3)4)17(22)16(20)18(23)25-14/h6,12-14,16-17,22,24,40H,1,7-10,28-39H2,2-5H3/t12-,13+,14-,16+,17-,20+,21+,41?,42?,48?,49?/m0/s1. The first-order valence-electron chi connectivity index (χ1n) is 15.0. The highest BCUT2D eigenvalue weighted by atomic mass is 33.2. The highest BCUT2D eigenvalue weighted by Gasteiger charge is 2.69. The normalized spacial score (nSPS) is 34.2. The summed E-state index contributed by atoms with van der Waals surface area (Å²) < 4.78 is 21.2. The first kappa shape index (κ1) is 53.0. The van der Waals surface area contributed by atoms with Gasteiger partial charge in [-0.1, -0.05) is 43.7 Å². The number of carbonyl (C=O) groups excluding carboxylic acids is 1. The molecule has 2 bridgehead atoms. The van der Waals surface area contributed by atoms with Crippen LogP contribution in [-0.2, 0) is 18.6 Å². The summed E-state index contributed by atoms with van der Waals surface area (Å²) in [7, 11) is 35.7. The Morgan fingerprint density at radius 1 is 0.900 bits per heavy atom. The fraction of sp³-hybridized carbons (Fsp3) is 0.762. The van der Waals surface area contributed by atoms with Gasteiger partial charge in [0.1, 0.15) is 11.7 Å². The molecule has 0 spiro atoms. The Bertz CT molecular complexity index is 1220. The van der Waals surface area contributed by atoms with Crippen molar-refractivity contribution in [2.75, 3.05) is 0 Å². The van der Waals surface area contributed by atoms with Gasteiger partial charge in [-0.25, -0.2) is 0 Å². The number of carbonyl (C=O) groups is 1. The van der Waals surface area contributed by atoms with Crippen LogP contribution in [0.4, 0.5) is 0 Å². The molecule has 24 atom stereocenters. The van der Waals surface area contributed by atoms with Crippen LogP contribution in [0.5, 0.6) is 0 Å². The minimum atomic E-state index is -1.66. The predicted octanol–water partition coefficient (Wildman–Crippen LogP) is 15.6. The topological polar surface area (TPSA) is 85.2 Å². The molecule has 3 aliphatic rings. The van der Waals surface area contributed by atoms with Crippen molar-refractivity contribution in [1.29, 1.82) is 0 Å². The lowest BCUT2D eigenvalue weighted by atomic mass is 9.51. The zero-order valence-electron chi connectivity index (χ0n) is 28.4. The average Bonchev–Trinajstić information content (AvgIpc) is 3.23. The molecular weight excluding hydrogens is 1060 g/mol.